The smallest absolute Gasteiger partial charge is 0.337 e. The molecule has 1 unspecified atom stereocenters. The third-order valence-electron chi connectivity index (χ3n) is 9.42. The summed E-state index contributed by atoms with van der Waals surface area (Å²) in [6.07, 6.45) is 1.37. The third kappa shape index (κ3) is 6.46. The van der Waals surface area contributed by atoms with E-state index in [1.54, 1.807) is 55.2 Å². The van der Waals surface area contributed by atoms with Gasteiger partial charge in [-0.15, -0.1) is 0 Å². The number of carbonyl (C=O) groups excluding carboxylic acids is 2. The Bertz CT molecular complexity index is 1720. The highest BCUT2D eigenvalue weighted by Crippen LogP contribution is 2.45. The molecule has 0 radical (unpaired) electrons. The Balaban J connectivity index is 1.71. The number of rotatable bonds is 8. The van der Waals surface area contributed by atoms with Gasteiger partial charge in [-0.3, -0.25) is 9.59 Å². The number of carboxylic acid groups (broad SMARTS) is 1. The average molecular weight is 651 g/mol. The largest absolute Gasteiger partial charge is 0.490 e. The van der Waals surface area contributed by atoms with Crippen LogP contribution in [0.2, 0.25) is 0 Å². The van der Waals surface area contributed by atoms with Crippen LogP contribution in [0.4, 0.5) is 4.39 Å². The van der Waals surface area contributed by atoms with Gasteiger partial charge in [0, 0.05) is 61.0 Å². The van der Waals surface area contributed by atoms with Crippen molar-refractivity contribution in [1.82, 2.24) is 19.4 Å². The van der Waals surface area contributed by atoms with Gasteiger partial charge < -0.3 is 28.9 Å². The summed E-state index contributed by atoms with van der Waals surface area (Å²) in [6, 6.07) is 3.12. The lowest BCUT2D eigenvalue weighted by Gasteiger charge is -2.34. The molecule has 0 saturated carbocycles. The highest BCUT2D eigenvalue weighted by molar-refractivity contribution is 6.05. The predicted molar refractivity (Wildman–Crippen MR) is 177 cm³/mol. The zero-order valence-corrected chi connectivity index (χ0v) is 28.8. The summed E-state index contributed by atoms with van der Waals surface area (Å²) in [5.41, 5.74) is 3.21. The molecule has 2 amide bonds. The number of piperidine rings is 1. The summed E-state index contributed by atoms with van der Waals surface area (Å²) >= 11 is 0. The molecule has 2 aliphatic rings. The van der Waals surface area contributed by atoms with Crippen molar-refractivity contribution < 1.29 is 33.4 Å². The van der Waals surface area contributed by atoms with Gasteiger partial charge in [-0.05, 0) is 97.4 Å². The molecule has 1 fully saturated rings. The van der Waals surface area contributed by atoms with Crippen LogP contribution in [0.5, 0.6) is 5.75 Å². The quantitative estimate of drug-likeness (QED) is 0.319. The fraction of sp³-hybridized carbons (Fsp3) is 0.556. The molecule has 0 spiro atoms. The molecular formula is C36H47FN4O6. The van der Waals surface area contributed by atoms with Crippen molar-refractivity contribution in [2.75, 3.05) is 32.8 Å². The molecule has 0 aliphatic carbocycles. The molecule has 2 atom stereocenters. The van der Waals surface area contributed by atoms with E-state index in [0.29, 0.717) is 84.7 Å². The second-order valence-corrected chi connectivity index (χ2v) is 13.7. The summed E-state index contributed by atoms with van der Waals surface area (Å²) in [5.74, 6) is -1.96. The van der Waals surface area contributed by atoms with Crippen molar-refractivity contribution >= 4 is 28.8 Å². The minimum atomic E-state index is -1.41. The lowest BCUT2D eigenvalue weighted by atomic mass is 9.86. The van der Waals surface area contributed by atoms with Crippen LogP contribution in [0, 0.1) is 25.6 Å². The normalized spacial score (nSPS) is 17.3. The van der Waals surface area contributed by atoms with Crippen LogP contribution in [0.3, 0.4) is 0 Å². The fourth-order valence-corrected chi connectivity index (χ4v) is 7.10. The Labute approximate surface area is 275 Å². The van der Waals surface area contributed by atoms with Gasteiger partial charge in [0.2, 0.25) is 5.91 Å². The summed E-state index contributed by atoms with van der Waals surface area (Å²) in [5, 5.41) is 11.0. The van der Waals surface area contributed by atoms with E-state index in [0.717, 1.165) is 24.0 Å². The van der Waals surface area contributed by atoms with Gasteiger partial charge in [0.15, 0.2) is 17.7 Å². The molecule has 2 aliphatic heterocycles. The highest BCUT2D eigenvalue weighted by atomic mass is 19.1. The van der Waals surface area contributed by atoms with Gasteiger partial charge in [-0.2, -0.15) is 0 Å². The number of fused-ring (bicyclic) bond motifs is 2. The maximum Gasteiger partial charge on any atom is 0.337 e. The number of nitrogens with zero attached hydrogens (tertiary/aromatic N) is 4. The first-order chi connectivity index (χ1) is 22.2. The number of aryl methyl sites for hydroxylation is 2. The number of likely N-dealkylation sites (tertiary alicyclic amines) is 1. The number of halogens is 1. The van der Waals surface area contributed by atoms with Gasteiger partial charge in [0.05, 0.1) is 18.1 Å². The summed E-state index contributed by atoms with van der Waals surface area (Å²) in [6.45, 7) is 15.3. The van der Waals surface area contributed by atoms with Crippen LogP contribution in [0.25, 0.3) is 22.2 Å². The van der Waals surface area contributed by atoms with E-state index in [4.69, 9.17) is 14.5 Å². The van der Waals surface area contributed by atoms with Crippen molar-refractivity contribution in [3.05, 3.63) is 46.0 Å². The van der Waals surface area contributed by atoms with Crippen LogP contribution in [0.1, 0.15) is 92.9 Å². The van der Waals surface area contributed by atoms with Gasteiger partial charge in [-0.25, -0.2) is 14.2 Å². The van der Waals surface area contributed by atoms with Crippen molar-refractivity contribution in [1.29, 1.82) is 0 Å². The summed E-state index contributed by atoms with van der Waals surface area (Å²) < 4.78 is 29.3. The molecular weight excluding hydrogens is 603 g/mol. The minimum Gasteiger partial charge on any atom is -0.490 e. The lowest BCUT2D eigenvalue weighted by molar-refractivity contribution is -0.160. The van der Waals surface area contributed by atoms with E-state index in [1.807, 2.05) is 20.8 Å². The Morgan fingerprint density at radius 3 is 2.51 bits per heavy atom. The Morgan fingerprint density at radius 2 is 1.87 bits per heavy atom. The van der Waals surface area contributed by atoms with Crippen molar-refractivity contribution in [3.63, 3.8) is 0 Å². The maximum atomic E-state index is 15.7. The predicted octanol–water partition coefficient (Wildman–Crippen LogP) is 5.98. The number of benzene rings is 1. The number of hydrogen-bond acceptors (Lipinski definition) is 6. The van der Waals surface area contributed by atoms with E-state index in [-0.39, 0.29) is 23.5 Å². The third-order valence-corrected chi connectivity index (χ3v) is 9.42. The number of aromatic nitrogens is 2. The molecule has 11 heteroatoms. The number of amides is 2. The molecule has 1 saturated heterocycles. The zero-order valence-electron chi connectivity index (χ0n) is 28.8. The van der Waals surface area contributed by atoms with Crippen LogP contribution in [0.15, 0.2) is 12.1 Å². The van der Waals surface area contributed by atoms with Gasteiger partial charge >= 0.3 is 5.97 Å². The van der Waals surface area contributed by atoms with Gasteiger partial charge in [-0.1, -0.05) is 0 Å². The zero-order chi connectivity index (χ0) is 34.4. The SMILES string of the molecule is CCN(CC)C(=O)C1CCCN(C(=O)c2cc3c(-c4cc(F)c5c(c4C)CCCO5)c([C@H](OC(C)(C)C)C(=O)O)c(C)nc3n2C)C1. The first-order valence-electron chi connectivity index (χ1n) is 16.6. The number of ether oxygens (including phenoxy) is 2. The standard InChI is InChI=1S/C36H47FN4O6/c1-9-40(10-2)33(42)22-13-11-15-41(19-22)34(43)27-18-25-29(24-17-26(37)30-23(20(24)3)14-12-16-46-30)28(21(4)38-32(25)39(27)8)31(35(44)45)47-36(5,6)7/h17-18,22,31H,9-16,19H2,1-8H3,(H,44,45)/t22?,31-/m0/s1. The number of hydrogen-bond donors (Lipinski definition) is 1. The van der Waals surface area contributed by atoms with Crippen LogP contribution in [-0.2, 0) is 27.8 Å². The molecule has 47 heavy (non-hydrogen) atoms. The molecule has 4 heterocycles. The van der Waals surface area contributed by atoms with E-state index in [9.17, 15) is 19.5 Å². The van der Waals surface area contributed by atoms with E-state index in [1.165, 1.54) is 6.07 Å². The lowest BCUT2D eigenvalue weighted by Crippen LogP contribution is -2.47. The Kier molecular flexibility index (Phi) is 9.69. The second-order valence-electron chi connectivity index (χ2n) is 13.7. The first kappa shape index (κ1) is 34.3. The Morgan fingerprint density at radius 1 is 1.17 bits per heavy atom. The fourth-order valence-electron chi connectivity index (χ4n) is 7.10. The molecule has 1 N–H and O–H groups in total. The highest BCUT2D eigenvalue weighted by Gasteiger charge is 2.36. The first-order valence-corrected chi connectivity index (χ1v) is 16.6. The van der Waals surface area contributed by atoms with Crippen LogP contribution < -0.4 is 4.74 Å². The molecule has 3 aromatic rings. The molecule has 10 nitrogen and oxygen atoms in total. The van der Waals surface area contributed by atoms with E-state index < -0.39 is 23.5 Å². The van der Waals surface area contributed by atoms with E-state index >= 15 is 4.39 Å². The minimum absolute atomic E-state index is 0.0567. The van der Waals surface area contributed by atoms with Gasteiger partial charge in [0.25, 0.3) is 5.91 Å². The van der Waals surface area contributed by atoms with E-state index in [2.05, 4.69) is 0 Å². The molecule has 254 valence electrons. The average Bonchev–Trinajstić information content (AvgIpc) is 3.36. The number of carboxylic acids is 1. The van der Waals surface area contributed by atoms with Crippen molar-refractivity contribution in [3.8, 4) is 16.9 Å². The summed E-state index contributed by atoms with van der Waals surface area (Å²) in [7, 11) is 1.75. The molecule has 1 aromatic carbocycles. The maximum absolute atomic E-state index is 15.7. The molecule has 0 bridgehead atoms. The number of carbonyl (C=O) groups is 3. The van der Waals surface area contributed by atoms with Crippen LogP contribution >= 0.6 is 0 Å². The molecule has 5 rings (SSSR count). The topological polar surface area (TPSA) is 114 Å². The van der Waals surface area contributed by atoms with Gasteiger partial charge in [0.1, 0.15) is 11.3 Å². The van der Waals surface area contributed by atoms with Crippen molar-refractivity contribution in [2.45, 2.75) is 85.9 Å². The number of pyridine rings is 1. The van der Waals surface area contributed by atoms with Crippen molar-refractivity contribution in [2.24, 2.45) is 13.0 Å². The van der Waals surface area contributed by atoms with Crippen LogP contribution in [-0.4, -0.2) is 80.6 Å². The number of aliphatic carboxylic acids is 1. The molecule has 2 aromatic heterocycles. The summed E-state index contributed by atoms with van der Waals surface area (Å²) in [4.78, 5) is 48.6. The second kappa shape index (κ2) is 13.3. The monoisotopic (exact) mass is 650 g/mol. The Hall–Kier alpha value is -3.99.